The van der Waals surface area contributed by atoms with Crippen LogP contribution in [0.5, 0.6) is 0 Å². The lowest BCUT2D eigenvalue weighted by atomic mass is 9.98. The van der Waals surface area contributed by atoms with Gasteiger partial charge in [0.2, 0.25) is 0 Å². The van der Waals surface area contributed by atoms with Gasteiger partial charge in [-0.2, -0.15) is 0 Å². The van der Waals surface area contributed by atoms with Crippen molar-refractivity contribution in [2.45, 2.75) is 52.7 Å². The second-order valence-electron chi connectivity index (χ2n) is 5.20. The first-order chi connectivity index (χ1) is 8.56. The molecule has 0 radical (unpaired) electrons. The molecule has 0 aliphatic heterocycles. The molecular formula is C16H27NO. The van der Waals surface area contributed by atoms with Crippen LogP contribution in [-0.4, -0.2) is 25.8 Å². The number of methoxy groups -OCH3 is 1. The van der Waals surface area contributed by atoms with Crippen LogP contribution in [-0.2, 0) is 11.2 Å². The predicted molar refractivity (Wildman–Crippen MR) is 78.2 cm³/mol. The molecule has 18 heavy (non-hydrogen) atoms. The molecule has 2 atom stereocenters. The van der Waals surface area contributed by atoms with Gasteiger partial charge in [-0.3, -0.25) is 0 Å². The number of ether oxygens (including phenoxy) is 1. The van der Waals surface area contributed by atoms with Crippen molar-refractivity contribution in [2.24, 2.45) is 0 Å². The van der Waals surface area contributed by atoms with E-state index in [4.69, 9.17) is 4.74 Å². The van der Waals surface area contributed by atoms with E-state index >= 15 is 0 Å². The summed E-state index contributed by atoms with van der Waals surface area (Å²) >= 11 is 0. The Balaban J connectivity index is 2.74. The lowest BCUT2D eigenvalue weighted by Crippen LogP contribution is -2.41. The lowest BCUT2D eigenvalue weighted by molar-refractivity contribution is 0.0831. The van der Waals surface area contributed by atoms with Gasteiger partial charge in [0.05, 0.1) is 6.10 Å². The molecule has 0 bridgehead atoms. The molecule has 1 aromatic rings. The zero-order valence-electron chi connectivity index (χ0n) is 12.4. The number of benzene rings is 1. The van der Waals surface area contributed by atoms with E-state index in [1.165, 1.54) is 16.7 Å². The van der Waals surface area contributed by atoms with Crippen molar-refractivity contribution < 1.29 is 4.74 Å². The van der Waals surface area contributed by atoms with E-state index in [2.05, 4.69) is 51.2 Å². The second-order valence-corrected chi connectivity index (χ2v) is 5.20. The van der Waals surface area contributed by atoms with Crippen LogP contribution in [0.3, 0.4) is 0 Å². The van der Waals surface area contributed by atoms with Crippen LogP contribution in [0.1, 0.15) is 37.0 Å². The van der Waals surface area contributed by atoms with Crippen LogP contribution >= 0.6 is 0 Å². The largest absolute Gasteiger partial charge is 0.380 e. The van der Waals surface area contributed by atoms with Crippen LogP contribution in [0.25, 0.3) is 0 Å². The second kappa shape index (κ2) is 7.55. The van der Waals surface area contributed by atoms with Crippen molar-refractivity contribution in [3.05, 3.63) is 34.9 Å². The fraction of sp³-hybridized carbons (Fsp3) is 0.625. The number of nitrogens with one attached hydrogen (secondary N) is 1. The lowest BCUT2D eigenvalue weighted by Gasteiger charge is -2.24. The van der Waals surface area contributed by atoms with Gasteiger partial charge in [-0.25, -0.2) is 0 Å². The Morgan fingerprint density at radius 1 is 1.17 bits per heavy atom. The van der Waals surface area contributed by atoms with Crippen molar-refractivity contribution in [2.75, 3.05) is 13.7 Å². The molecule has 0 heterocycles. The summed E-state index contributed by atoms with van der Waals surface area (Å²) in [6.07, 6.45) is 2.41. The average molecular weight is 249 g/mol. The topological polar surface area (TPSA) is 21.3 Å². The minimum absolute atomic E-state index is 0.234. The van der Waals surface area contributed by atoms with E-state index < -0.39 is 0 Å². The Morgan fingerprint density at radius 2 is 1.78 bits per heavy atom. The molecule has 0 spiro atoms. The van der Waals surface area contributed by atoms with Gasteiger partial charge >= 0.3 is 0 Å². The van der Waals surface area contributed by atoms with Crippen LogP contribution in [0.4, 0.5) is 0 Å². The van der Waals surface area contributed by atoms with Crippen molar-refractivity contribution in [3.8, 4) is 0 Å². The third kappa shape index (κ3) is 4.79. The first kappa shape index (κ1) is 15.2. The van der Waals surface area contributed by atoms with Crippen molar-refractivity contribution >= 4 is 0 Å². The smallest absolute Gasteiger partial charge is 0.0699 e. The Kier molecular flexibility index (Phi) is 6.37. The van der Waals surface area contributed by atoms with E-state index in [0.29, 0.717) is 6.04 Å². The van der Waals surface area contributed by atoms with E-state index in [-0.39, 0.29) is 6.10 Å². The van der Waals surface area contributed by atoms with Crippen molar-refractivity contribution in [1.82, 2.24) is 5.32 Å². The molecule has 0 aliphatic carbocycles. The average Bonchev–Trinajstić information content (AvgIpc) is 2.32. The summed E-state index contributed by atoms with van der Waals surface area (Å²) in [4.78, 5) is 0. The standard InChI is InChI=1S/C16H27NO/c1-6-7-17-16(14(4)18-5)11-15-9-12(2)8-13(3)10-15/h8-10,14,16-17H,6-7,11H2,1-5H3. The summed E-state index contributed by atoms with van der Waals surface area (Å²) in [5.74, 6) is 0. The number of hydrogen-bond acceptors (Lipinski definition) is 2. The normalized spacial score (nSPS) is 14.5. The SMILES string of the molecule is CCCNC(Cc1cc(C)cc(C)c1)C(C)OC. The maximum Gasteiger partial charge on any atom is 0.0699 e. The Hall–Kier alpha value is -0.860. The molecule has 2 heteroatoms. The summed E-state index contributed by atoms with van der Waals surface area (Å²) in [6, 6.07) is 7.15. The van der Waals surface area contributed by atoms with E-state index in [0.717, 1.165) is 19.4 Å². The van der Waals surface area contributed by atoms with Gasteiger partial charge in [-0.15, -0.1) is 0 Å². The molecule has 0 aliphatic rings. The molecule has 1 aromatic carbocycles. The molecule has 0 aromatic heterocycles. The highest BCUT2D eigenvalue weighted by Gasteiger charge is 2.16. The molecule has 0 fully saturated rings. The molecule has 2 nitrogen and oxygen atoms in total. The molecule has 0 saturated carbocycles. The molecule has 1 N–H and O–H groups in total. The summed E-state index contributed by atoms with van der Waals surface area (Å²) in [6.45, 7) is 9.69. The van der Waals surface area contributed by atoms with Crippen molar-refractivity contribution in [3.63, 3.8) is 0 Å². The van der Waals surface area contributed by atoms with Crippen LogP contribution in [0.2, 0.25) is 0 Å². The third-order valence-electron chi connectivity index (χ3n) is 3.33. The van der Waals surface area contributed by atoms with Crippen LogP contribution in [0, 0.1) is 13.8 Å². The summed E-state index contributed by atoms with van der Waals surface area (Å²) in [5.41, 5.74) is 4.07. The van der Waals surface area contributed by atoms with E-state index in [1.807, 2.05) is 0 Å². The fourth-order valence-corrected chi connectivity index (χ4v) is 2.34. The highest BCUT2D eigenvalue weighted by Crippen LogP contribution is 2.13. The van der Waals surface area contributed by atoms with Crippen LogP contribution in [0.15, 0.2) is 18.2 Å². The van der Waals surface area contributed by atoms with Gasteiger partial charge in [0.1, 0.15) is 0 Å². The van der Waals surface area contributed by atoms with Gasteiger partial charge in [0.15, 0.2) is 0 Å². The quantitative estimate of drug-likeness (QED) is 0.801. The first-order valence-corrected chi connectivity index (χ1v) is 6.90. The summed E-state index contributed by atoms with van der Waals surface area (Å²) in [7, 11) is 1.78. The minimum Gasteiger partial charge on any atom is -0.380 e. The molecule has 1 rings (SSSR count). The first-order valence-electron chi connectivity index (χ1n) is 6.90. The monoisotopic (exact) mass is 249 g/mol. The number of rotatable bonds is 7. The molecule has 0 saturated heterocycles. The zero-order valence-corrected chi connectivity index (χ0v) is 12.4. The van der Waals surface area contributed by atoms with Crippen LogP contribution < -0.4 is 5.32 Å². The highest BCUT2D eigenvalue weighted by molar-refractivity contribution is 5.29. The van der Waals surface area contributed by atoms with Gasteiger partial charge in [-0.1, -0.05) is 36.2 Å². The molecule has 0 amide bonds. The van der Waals surface area contributed by atoms with E-state index in [1.54, 1.807) is 7.11 Å². The van der Waals surface area contributed by atoms with Gasteiger partial charge in [0, 0.05) is 13.2 Å². The minimum atomic E-state index is 0.234. The summed E-state index contributed by atoms with van der Waals surface area (Å²) in [5, 5.41) is 3.58. The van der Waals surface area contributed by atoms with E-state index in [9.17, 15) is 0 Å². The predicted octanol–water partition coefficient (Wildman–Crippen LogP) is 3.25. The Bertz CT molecular complexity index is 342. The highest BCUT2D eigenvalue weighted by atomic mass is 16.5. The molecule has 102 valence electrons. The third-order valence-corrected chi connectivity index (χ3v) is 3.33. The Morgan fingerprint density at radius 3 is 2.28 bits per heavy atom. The van der Waals surface area contributed by atoms with Gasteiger partial charge in [-0.05, 0) is 45.7 Å². The maximum absolute atomic E-state index is 5.48. The number of hydrogen-bond donors (Lipinski definition) is 1. The molecular weight excluding hydrogens is 222 g/mol. The van der Waals surface area contributed by atoms with Gasteiger partial charge in [0.25, 0.3) is 0 Å². The van der Waals surface area contributed by atoms with Gasteiger partial charge < -0.3 is 10.1 Å². The maximum atomic E-state index is 5.48. The molecule has 2 unspecified atom stereocenters. The van der Waals surface area contributed by atoms with Crippen molar-refractivity contribution in [1.29, 1.82) is 0 Å². The Labute approximate surface area is 112 Å². The number of aryl methyl sites for hydroxylation is 2. The zero-order chi connectivity index (χ0) is 13.5. The summed E-state index contributed by atoms with van der Waals surface area (Å²) < 4.78 is 5.48. The fourth-order valence-electron chi connectivity index (χ4n) is 2.34.